The largest absolute Gasteiger partial charge is 0.493 e. The summed E-state index contributed by atoms with van der Waals surface area (Å²) in [5.74, 6) is 1.13. The van der Waals surface area contributed by atoms with Crippen molar-refractivity contribution in [2.75, 3.05) is 13.2 Å². The molecule has 0 fully saturated rings. The first-order valence-corrected chi connectivity index (χ1v) is 5.72. The second kappa shape index (κ2) is 4.66. The van der Waals surface area contributed by atoms with Gasteiger partial charge in [0.1, 0.15) is 5.75 Å². The fourth-order valence-electron chi connectivity index (χ4n) is 2.14. The molecule has 0 saturated carbocycles. The van der Waals surface area contributed by atoms with Gasteiger partial charge in [0.15, 0.2) is 5.78 Å². The molecule has 0 spiro atoms. The lowest BCUT2D eigenvalue weighted by molar-refractivity contribution is 0.0980. The second-order valence-corrected chi connectivity index (χ2v) is 4.13. The third-order valence-electron chi connectivity index (χ3n) is 3.07. The van der Waals surface area contributed by atoms with Gasteiger partial charge in [0.05, 0.1) is 6.61 Å². The molecule has 1 aliphatic rings. The molecule has 3 nitrogen and oxygen atoms in total. The van der Waals surface area contributed by atoms with E-state index in [1.165, 1.54) is 5.56 Å². The standard InChI is InChI=1S/C13H17NO2/c1-9-10(12(15)3-2-7-14)4-5-13-11(9)6-8-16-13/h4-5H,2-3,6-8,14H2,1H3. The minimum Gasteiger partial charge on any atom is -0.493 e. The fraction of sp³-hybridized carbons (Fsp3) is 0.462. The maximum Gasteiger partial charge on any atom is 0.163 e. The number of nitrogens with two attached hydrogens (primary N) is 1. The van der Waals surface area contributed by atoms with E-state index < -0.39 is 0 Å². The zero-order chi connectivity index (χ0) is 11.5. The highest BCUT2D eigenvalue weighted by Crippen LogP contribution is 2.30. The van der Waals surface area contributed by atoms with Crippen molar-refractivity contribution in [3.05, 3.63) is 28.8 Å². The van der Waals surface area contributed by atoms with Crippen LogP contribution in [0.4, 0.5) is 0 Å². The van der Waals surface area contributed by atoms with Crippen molar-refractivity contribution in [1.82, 2.24) is 0 Å². The van der Waals surface area contributed by atoms with Crippen LogP contribution < -0.4 is 10.5 Å². The van der Waals surface area contributed by atoms with E-state index in [2.05, 4.69) is 0 Å². The molecule has 3 heteroatoms. The minimum absolute atomic E-state index is 0.192. The third-order valence-corrected chi connectivity index (χ3v) is 3.07. The van der Waals surface area contributed by atoms with Crippen molar-refractivity contribution in [2.24, 2.45) is 5.73 Å². The molecule has 2 rings (SSSR count). The number of carbonyl (C=O) groups excluding carboxylic acids is 1. The Morgan fingerprint density at radius 1 is 1.50 bits per heavy atom. The van der Waals surface area contributed by atoms with Crippen LogP contribution in [-0.2, 0) is 6.42 Å². The summed E-state index contributed by atoms with van der Waals surface area (Å²) in [4.78, 5) is 11.9. The average Bonchev–Trinajstić information content (AvgIpc) is 2.75. The summed E-state index contributed by atoms with van der Waals surface area (Å²) in [5, 5.41) is 0. The summed E-state index contributed by atoms with van der Waals surface area (Å²) in [5.41, 5.74) is 8.52. The Bertz CT molecular complexity index is 413. The highest BCUT2D eigenvalue weighted by molar-refractivity contribution is 5.98. The van der Waals surface area contributed by atoms with E-state index >= 15 is 0 Å². The topological polar surface area (TPSA) is 52.3 Å². The molecular weight excluding hydrogens is 202 g/mol. The first-order chi connectivity index (χ1) is 7.74. The summed E-state index contributed by atoms with van der Waals surface area (Å²) in [6.45, 7) is 3.30. The van der Waals surface area contributed by atoms with Gasteiger partial charge < -0.3 is 10.5 Å². The lowest BCUT2D eigenvalue weighted by Gasteiger charge is -2.08. The van der Waals surface area contributed by atoms with E-state index in [1.807, 2.05) is 19.1 Å². The van der Waals surface area contributed by atoms with Crippen molar-refractivity contribution >= 4 is 5.78 Å². The number of hydrogen-bond acceptors (Lipinski definition) is 3. The molecule has 0 atom stereocenters. The van der Waals surface area contributed by atoms with Gasteiger partial charge in [-0.25, -0.2) is 0 Å². The van der Waals surface area contributed by atoms with Crippen LogP contribution in [0.3, 0.4) is 0 Å². The Balaban J connectivity index is 2.25. The van der Waals surface area contributed by atoms with E-state index in [-0.39, 0.29) is 5.78 Å². The third kappa shape index (κ3) is 1.95. The molecule has 1 aromatic carbocycles. The number of fused-ring (bicyclic) bond motifs is 1. The van der Waals surface area contributed by atoms with Gasteiger partial charge >= 0.3 is 0 Å². The van der Waals surface area contributed by atoms with Gasteiger partial charge in [-0.2, -0.15) is 0 Å². The number of hydrogen-bond donors (Lipinski definition) is 1. The van der Waals surface area contributed by atoms with Crippen molar-refractivity contribution in [3.8, 4) is 5.75 Å². The molecule has 0 unspecified atom stereocenters. The molecule has 1 aromatic rings. The van der Waals surface area contributed by atoms with Crippen molar-refractivity contribution in [3.63, 3.8) is 0 Å². The molecule has 0 bridgehead atoms. The van der Waals surface area contributed by atoms with Crippen molar-refractivity contribution in [1.29, 1.82) is 0 Å². The second-order valence-electron chi connectivity index (χ2n) is 4.13. The quantitative estimate of drug-likeness (QED) is 0.786. The van der Waals surface area contributed by atoms with Crippen LogP contribution in [0.1, 0.15) is 34.3 Å². The predicted molar refractivity (Wildman–Crippen MR) is 63.0 cm³/mol. The zero-order valence-corrected chi connectivity index (χ0v) is 9.58. The first-order valence-electron chi connectivity index (χ1n) is 5.72. The minimum atomic E-state index is 0.192. The molecule has 16 heavy (non-hydrogen) atoms. The molecule has 86 valence electrons. The summed E-state index contributed by atoms with van der Waals surface area (Å²) in [6, 6.07) is 3.78. The molecule has 0 radical (unpaired) electrons. The molecule has 0 aliphatic carbocycles. The SMILES string of the molecule is Cc1c(C(=O)CCCN)ccc2c1CCO2. The van der Waals surface area contributed by atoms with Gasteiger partial charge in [0, 0.05) is 24.0 Å². The van der Waals surface area contributed by atoms with Crippen LogP contribution in [0.2, 0.25) is 0 Å². The summed E-state index contributed by atoms with van der Waals surface area (Å²) < 4.78 is 5.46. The van der Waals surface area contributed by atoms with Crippen molar-refractivity contribution in [2.45, 2.75) is 26.2 Å². The van der Waals surface area contributed by atoms with Gasteiger partial charge in [-0.15, -0.1) is 0 Å². The Hall–Kier alpha value is -1.35. The van der Waals surface area contributed by atoms with E-state index in [0.29, 0.717) is 13.0 Å². The van der Waals surface area contributed by atoms with Crippen LogP contribution >= 0.6 is 0 Å². The highest BCUT2D eigenvalue weighted by atomic mass is 16.5. The summed E-state index contributed by atoms with van der Waals surface area (Å²) in [6.07, 6.45) is 2.21. The van der Waals surface area contributed by atoms with Gasteiger partial charge in [-0.3, -0.25) is 4.79 Å². The summed E-state index contributed by atoms with van der Waals surface area (Å²) >= 11 is 0. The molecule has 0 amide bonds. The Morgan fingerprint density at radius 2 is 2.31 bits per heavy atom. The molecule has 0 aromatic heterocycles. The van der Waals surface area contributed by atoms with E-state index in [1.54, 1.807) is 0 Å². The van der Waals surface area contributed by atoms with Crippen LogP contribution in [0, 0.1) is 6.92 Å². The Labute approximate surface area is 95.6 Å². The van der Waals surface area contributed by atoms with Gasteiger partial charge in [0.25, 0.3) is 0 Å². The maximum absolute atomic E-state index is 11.9. The average molecular weight is 219 g/mol. The first kappa shape index (κ1) is 11.1. The van der Waals surface area contributed by atoms with Crippen LogP contribution in [0.5, 0.6) is 5.75 Å². The lowest BCUT2D eigenvalue weighted by atomic mass is 9.96. The molecule has 2 N–H and O–H groups in total. The van der Waals surface area contributed by atoms with Gasteiger partial charge in [-0.1, -0.05) is 0 Å². The smallest absolute Gasteiger partial charge is 0.163 e. The molecule has 1 aliphatic heterocycles. The van der Waals surface area contributed by atoms with E-state index in [0.717, 1.165) is 36.3 Å². The highest BCUT2D eigenvalue weighted by Gasteiger charge is 2.19. The molecule has 0 saturated heterocycles. The lowest BCUT2D eigenvalue weighted by Crippen LogP contribution is -2.07. The molecular formula is C13H17NO2. The fourth-order valence-corrected chi connectivity index (χ4v) is 2.14. The summed E-state index contributed by atoms with van der Waals surface area (Å²) in [7, 11) is 0. The zero-order valence-electron chi connectivity index (χ0n) is 9.58. The predicted octanol–water partition coefficient (Wildman–Crippen LogP) is 1.85. The van der Waals surface area contributed by atoms with E-state index in [4.69, 9.17) is 10.5 Å². The van der Waals surface area contributed by atoms with Crippen LogP contribution in [0.25, 0.3) is 0 Å². The maximum atomic E-state index is 11.9. The normalized spacial score (nSPS) is 13.4. The molecule has 1 heterocycles. The van der Waals surface area contributed by atoms with Crippen LogP contribution in [-0.4, -0.2) is 18.9 Å². The Morgan fingerprint density at radius 3 is 3.06 bits per heavy atom. The monoisotopic (exact) mass is 219 g/mol. The Kier molecular flexibility index (Phi) is 3.25. The number of Topliss-reactive ketones (excluding diaryl/α,β-unsaturated/α-hetero) is 1. The number of benzene rings is 1. The number of ether oxygens (including phenoxy) is 1. The number of ketones is 1. The van der Waals surface area contributed by atoms with E-state index in [9.17, 15) is 4.79 Å². The number of carbonyl (C=O) groups is 1. The number of rotatable bonds is 4. The van der Waals surface area contributed by atoms with Gasteiger partial charge in [-0.05, 0) is 37.6 Å². The van der Waals surface area contributed by atoms with Crippen molar-refractivity contribution < 1.29 is 9.53 Å². The van der Waals surface area contributed by atoms with Crippen LogP contribution in [0.15, 0.2) is 12.1 Å². The van der Waals surface area contributed by atoms with Gasteiger partial charge in [0.2, 0.25) is 0 Å².